The van der Waals surface area contributed by atoms with Crippen molar-refractivity contribution >= 4 is 23.1 Å². The van der Waals surface area contributed by atoms with E-state index in [0.29, 0.717) is 24.1 Å². The molecule has 0 spiro atoms. The van der Waals surface area contributed by atoms with Crippen molar-refractivity contribution in [2.45, 2.75) is 58.9 Å². The Hall–Kier alpha value is -3.52. The molecule has 0 aromatic heterocycles. The van der Waals surface area contributed by atoms with Gasteiger partial charge in [-0.1, -0.05) is 68.7 Å². The van der Waals surface area contributed by atoms with E-state index in [2.05, 4.69) is 18.7 Å². The number of Topliss-reactive ketones (excluding diaryl/α,β-unsaturated/α-hetero) is 1. The average Bonchev–Trinajstić information content (AvgIpc) is 3.15. The van der Waals surface area contributed by atoms with Crippen molar-refractivity contribution in [3.63, 3.8) is 0 Å². The van der Waals surface area contributed by atoms with Gasteiger partial charge >= 0.3 is 0 Å². The van der Waals surface area contributed by atoms with Gasteiger partial charge in [0.15, 0.2) is 0 Å². The molecule has 3 rings (SSSR count). The van der Waals surface area contributed by atoms with Gasteiger partial charge in [0, 0.05) is 24.2 Å². The van der Waals surface area contributed by atoms with E-state index in [-0.39, 0.29) is 17.0 Å². The third-order valence-corrected chi connectivity index (χ3v) is 6.79. The predicted octanol–water partition coefficient (Wildman–Crippen LogP) is 5.62. The summed E-state index contributed by atoms with van der Waals surface area (Å²) in [5.74, 6) is -1.74. The minimum absolute atomic E-state index is 0.0387. The first kappa shape index (κ1) is 28.1. The van der Waals surface area contributed by atoms with E-state index in [1.165, 1.54) is 23.1 Å². The van der Waals surface area contributed by atoms with Crippen molar-refractivity contribution < 1.29 is 19.6 Å². The number of amides is 1. The second kappa shape index (κ2) is 13.1. The van der Waals surface area contributed by atoms with E-state index in [4.69, 9.17) is 0 Å². The summed E-state index contributed by atoms with van der Waals surface area (Å²) in [5.41, 5.74) is 1.66. The number of rotatable bonds is 13. The molecule has 1 aliphatic heterocycles. The maximum atomic E-state index is 13.2. The Morgan fingerprint density at radius 2 is 1.62 bits per heavy atom. The number of non-ortho nitro benzene ring substituents is 1. The molecular weight excluding hydrogens is 470 g/mol. The molecule has 8 heteroatoms. The number of aliphatic hydroxyl groups is 1. The van der Waals surface area contributed by atoms with Gasteiger partial charge < -0.3 is 14.9 Å². The summed E-state index contributed by atoms with van der Waals surface area (Å²) in [6, 6.07) is 12.1. The molecule has 2 aromatic rings. The molecule has 2 aromatic carbocycles. The molecular formula is C29H37N3O5. The molecule has 0 radical (unpaired) electrons. The molecule has 8 nitrogen and oxygen atoms in total. The number of aliphatic hydroxyl groups excluding tert-OH is 1. The standard InChI is InChI=1S/C29H37N3O5/c1-4-6-16-30(17-7-5-2)18-9-19-31-26(23-10-8-11-24(20-23)32(36)37)25(28(34)29(31)35)27(33)22-14-12-21(3)13-15-22/h8,10-15,20,26,33H,4-7,9,16-19H2,1-3H3/t26-/m1/s1. The third-order valence-electron chi connectivity index (χ3n) is 6.79. The molecule has 0 aliphatic carbocycles. The number of ketones is 1. The molecule has 1 N–H and O–H groups in total. The Labute approximate surface area is 218 Å². The minimum atomic E-state index is -0.902. The SMILES string of the molecule is CCCCN(CCCC)CCCN1C(=O)C(=O)C(=C(O)c2ccc(C)cc2)[C@H]1c1cccc([N+](=O)[O-])c1. The number of hydrogen-bond donors (Lipinski definition) is 1. The molecule has 198 valence electrons. The van der Waals surface area contributed by atoms with Crippen LogP contribution in [0.25, 0.3) is 5.76 Å². The number of hydrogen-bond acceptors (Lipinski definition) is 6. The van der Waals surface area contributed by atoms with Crippen LogP contribution in [0.1, 0.15) is 68.7 Å². The van der Waals surface area contributed by atoms with Gasteiger partial charge in [0.05, 0.1) is 16.5 Å². The Bertz CT molecular complexity index is 1130. The van der Waals surface area contributed by atoms with Crippen molar-refractivity contribution in [1.82, 2.24) is 9.80 Å². The van der Waals surface area contributed by atoms with Crippen LogP contribution in [0.5, 0.6) is 0 Å². The normalized spacial score (nSPS) is 17.1. The summed E-state index contributed by atoms with van der Waals surface area (Å²) in [5, 5.41) is 22.6. The lowest BCUT2D eigenvalue weighted by Crippen LogP contribution is -2.34. The lowest BCUT2D eigenvalue weighted by molar-refractivity contribution is -0.384. The molecule has 0 unspecified atom stereocenters. The second-order valence-electron chi connectivity index (χ2n) is 9.61. The summed E-state index contributed by atoms with van der Waals surface area (Å²) in [6.07, 6.45) is 5.04. The highest BCUT2D eigenvalue weighted by Gasteiger charge is 2.46. The van der Waals surface area contributed by atoms with Crippen LogP contribution in [0.3, 0.4) is 0 Å². The van der Waals surface area contributed by atoms with Crippen LogP contribution in [0.2, 0.25) is 0 Å². The van der Waals surface area contributed by atoms with Crippen molar-refractivity contribution in [3.05, 3.63) is 80.9 Å². The molecule has 37 heavy (non-hydrogen) atoms. The topological polar surface area (TPSA) is 104 Å². The summed E-state index contributed by atoms with van der Waals surface area (Å²) >= 11 is 0. The van der Waals surface area contributed by atoms with Crippen LogP contribution < -0.4 is 0 Å². The van der Waals surface area contributed by atoms with E-state index in [1.54, 1.807) is 18.2 Å². The van der Waals surface area contributed by atoms with Gasteiger partial charge in [0.1, 0.15) is 5.76 Å². The van der Waals surface area contributed by atoms with Gasteiger partial charge in [-0.15, -0.1) is 0 Å². The molecule has 1 heterocycles. The monoisotopic (exact) mass is 507 g/mol. The van der Waals surface area contributed by atoms with E-state index < -0.39 is 22.7 Å². The fourth-order valence-electron chi connectivity index (χ4n) is 4.70. The van der Waals surface area contributed by atoms with Crippen LogP contribution in [-0.4, -0.2) is 57.7 Å². The van der Waals surface area contributed by atoms with E-state index in [9.17, 15) is 24.8 Å². The quantitative estimate of drug-likeness (QED) is 0.124. The Kier molecular flexibility index (Phi) is 9.97. The highest BCUT2D eigenvalue weighted by molar-refractivity contribution is 6.46. The van der Waals surface area contributed by atoms with Crippen LogP contribution >= 0.6 is 0 Å². The van der Waals surface area contributed by atoms with E-state index in [1.807, 2.05) is 19.1 Å². The maximum absolute atomic E-state index is 13.2. The Morgan fingerprint density at radius 3 is 2.22 bits per heavy atom. The molecule has 1 amide bonds. The molecule has 1 fully saturated rings. The van der Waals surface area contributed by atoms with Crippen LogP contribution in [0.15, 0.2) is 54.1 Å². The summed E-state index contributed by atoms with van der Waals surface area (Å²) in [4.78, 5) is 41.2. The lowest BCUT2D eigenvalue weighted by atomic mass is 9.94. The molecule has 1 atom stereocenters. The van der Waals surface area contributed by atoms with Crippen LogP contribution in [0.4, 0.5) is 5.69 Å². The number of nitro benzene ring substituents is 1. The van der Waals surface area contributed by atoms with Gasteiger partial charge in [-0.2, -0.15) is 0 Å². The van der Waals surface area contributed by atoms with Gasteiger partial charge in [-0.25, -0.2) is 0 Å². The number of benzene rings is 2. The maximum Gasteiger partial charge on any atom is 0.295 e. The highest BCUT2D eigenvalue weighted by Crippen LogP contribution is 2.40. The molecule has 0 saturated carbocycles. The van der Waals surface area contributed by atoms with E-state index >= 15 is 0 Å². The van der Waals surface area contributed by atoms with Gasteiger partial charge in [-0.3, -0.25) is 19.7 Å². The zero-order chi connectivity index (χ0) is 26.9. The van der Waals surface area contributed by atoms with Gasteiger partial charge in [0.25, 0.3) is 17.4 Å². The third kappa shape index (κ3) is 6.83. The second-order valence-corrected chi connectivity index (χ2v) is 9.61. The predicted molar refractivity (Wildman–Crippen MR) is 144 cm³/mol. The number of nitro groups is 1. The lowest BCUT2D eigenvalue weighted by Gasteiger charge is -2.27. The van der Waals surface area contributed by atoms with Gasteiger partial charge in [-0.05, 0) is 51.4 Å². The summed E-state index contributed by atoms with van der Waals surface area (Å²) < 4.78 is 0. The van der Waals surface area contributed by atoms with Crippen molar-refractivity contribution in [1.29, 1.82) is 0 Å². The Morgan fingerprint density at radius 1 is 1.00 bits per heavy atom. The number of carbonyl (C=O) groups excluding carboxylic acids is 2. The number of carbonyl (C=O) groups is 2. The largest absolute Gasteiger partial charge is 0.507 e. The summed E-state index contributed by atoms with van der Waals surface area (Å²) in [7, 11) is 0. The smallest absolute Gasteiger partial charge is 0.295 e. The van der Waals surface area contributed by atoms with Crippen LogP contribution in [0, 0.1) is 17.0 Å². The molecule has 1 aliphatic rings. The fraction of sp³-hybridized carbons (Fsp3) is 0.448. The molecule has 1 saturated heterocycles. The highest BCUT2D eigenvalue weighted by atomic mass is 16.6. The van der Waals surface area contributed by atoms with Crippen molar-refractivity contribution in [2.24, 2.45) is 0 Å². The summed E-state index contributed by atoms with van der Waals surface area (Å²) in [6.45, 7) is 9.28. The minimum Gasteiger partial charge on any atom is -0.507 e. The number of unbranched alkanes of at least 4 members (excludes halogenated alkanes) is 2. The first-order chi connectivity index (χ1) is 17.8. The van der Waals surface area contributed by atoms with Crippen LogP contribution in [-0.2, 0) is 9.59 Å². The number of likely N-dealkylation sites (tertiary alicyclic amines) is 1. The van der Waals surface area contributed by atoms with E-state index in [0.717, 1.165) is 50.9 Å². The average molecular weight is 508 g/mol. The zero-order valence-electron chi connectivity index (χ0n) is 22.0. The first-order valence-electron chi connectivity index (χ1n) is 13.1. The van der Waals surface area contributed by atoms with Crippen molar-refractivity contribution in [3.8, 4) is 0 Å². The van der Waals surface area contributed by atoms with Gasteiger partial charge in [0.2, 0.25) is 0 Å². The fourth-order valence-corrected chi connectivity index (χ4v) is 4.70. The van der Waals surface area contributed by atoms with Crippen molar-refractivity contribution in [2.75, 3.05) is 26.2 Å². The molecule has 0 bridgehead atoms. The first-order valence-corrected chi connectivity index (χ1v) is 13.1. The Balaban J connectivity index is 1.96. The zero-order valence-corrected chi connectivity index (χ0v) is 22.0. The number of aryl methyl sites for hydroxylation is 1. The number of nitrogens with zero attached hydrogens (tertiary/aromatic N) is 3.